The van der Waals surface area contributed by atoms with Crippen LogP contribution in [0.5, 0.6) is 0 Å². The highest BCUT2D eigenvalue weighted by molar-refractivity contribution is 4.84. The summed E-state index contributed by atoms with van der Waals surface area (Å²) in [6.45, 7) is 12.9. The minimum absolute atomic E-state index is 0.189. The lowest BCUT2D eigenvalue weighted by Crippen LogP contribution is -2.48. The van der Waals surface area contributed by atoms with Gasteiger partial charge in [0.1, 0.15) is 0 Å². The van der Waals surface area contributed by atoms with Crippen molar-refractivity contribution in [3.63, 3.8) is 0 Å². The van der Waals surface area contributed by atoms with Gasteiger partial charge in [-0.2, -0.15) is 0 Å². The minimum Gasteiger partial charge on any atom is -0.377 e. The molecule has 2 unspecified atom stereocenters. The second-order valence-electron chi connectivity index (χ2n) is 5.73. The fraction of sp³-hybridized carbons (Fsp3) is 1.00. The van der Waals surface area contributed by atoms with Crippen LogP contribution in [0.15, 0.2) is 0 Å². The normalized spacial score (nSPS) is 25.7. The van der Waals surface area contributed by atoms with Crippen LogP contribution in [0.1, 0.15) is 40.5 Å². The van der Waals surface area contributed by atoms with Crippen molar-refractivity contribution < 1.29 is 4.74 Å². The van der Waals surface area contributed by atoms with Gasteiger partial charge in [-0.15, -0.1) is 0 Å². The number of nitrogens with two attached hydrogens (primary N) is 1. The standard InChI is InChI=1S/C13H28N2O/c1-5-16-12-7-6-8-15(9-12)10-13(3,4)11(2)14/h11-12H,5-10,14H2,1-4H3. The van der Waals surface area contributed by atoms with E-state index >= 15 is 0 Å². The maximum absolute atomic E-state index is 6.02. The van der Waals surface area contributed by atoms with Gasteiger partial charge in [0.25, 0.3) is 0 Å². The quantitative estimate of drug-likeness (QED) is 0.780. The summed E-state index contributed by atoms with van der Waals surface area (Å²) in [6, 6.07) is 0.236. The lowest BCUT2D eigenvalue weighted by molar-refractivity contribution is -0.00541. The summed E-state index contributed by atoms with van der Waals surface area (Å²) in [5.41, 5.74) is 6.21. The van der Waals surface area contributed by atoms with E-state index in [9.17, 15) is 0 Å². The van der Waals surface area contributed by atoms with Crippen molar-refractivity contribution >= 4 is 0 Å². The molecule has 1 aliphatic heterocycles. The molecule has 3 heteroatoms. The molecule has 1 heterocycles. The SMILES string of the molecule is CCOC1CCCN(CC(C)(C)C(C)N)C1. The van der Waals surface area contributed by atoms with Crippen molar-refractivity contribution in [3.05, 3.63) is 0 Å². The zero-order valence-corrected chi connectivity index (χ0v) is 11.3. The molecule has 0 radical (unpaired) electrons. The van der Waals surface area contributed by atoms with Crippen LogP contribution in [-0.2, 0) is 4.74 Å². The topological polar surface area (TPSA) is 38.5 Å². The summed E-state index contributed by atoms with van der Waals surface area (Å²) in [7, 11) is 0. The molecule has 0 aromatic heterocycles. The third kappa shape index (κ3) is 4.04. The third-order valence-electron chi connectivity index (χ3n) is 3.73. The molecule has 1 aliphatic rings. The summed E-state index contributed by atoms with van der Waals surface area (Å²) in [4.78, 5) is 2.51. The summed E-state index contributed by atoms with van der Waals surface area (Å²) in [6.07, 6.45) is 2.89. The van der Waals surface area contributed by atoms with Crippen LogP contribution in [0.3, 0.4) is 0 Å². The molecule has 0 amide bonds. The zero-order chi connectivity index (χ0) is 12.2. The van der Waals surface area contributed by atoms with Crippen LogP contribution in [0.2, 0.25) is 0 Å². The van der Waals surface area contributed by atoms with Crippen LogP contribution in [-0.4, -0.2) is 43.3 Å². The molecule has 0 aromatic rings. The van der Waals surface area contributed by atoms with Gasteiger partial charge >= 0.3 is 0 Å². The average molecular weight is 228 g/mol. The first-order valence-corrected chi connectivity index (χ1v) is 6.55. The van der Waals surface area contributed by atoms with Crippen molar-refractivity contribution in [2.75, 3.05) is 26.2 Å². The molecule has 0 aromatic carbocycles. The van der Waals surface area contributed by atoms with Crippen LogP contribution in [0, 0.1) is 5.41 Å². The first kappa shape index (κ1) is 13.9. The van der Waals surface area contributed by atoms with Gasteiger partial charge in [0, 0.05) is 25.7 Å². The number of rotatable bonds is 5. The van der Waals surface area contributed by atoms with Crippen LogP contribution < -0.4 is 5.73 Å². The third-order valence-corrected chi connectivity index (χ3v) is 3.73. The van der Waals surface area contributed by atoms with Gasteiger partial charge < -0.3 is 15.4 Å². The molecule has 1 fully saturated rings. The van der Waals surface area contributed by atoms with Gasteiger partial charge in [-0.3, -0.25) is 0 Å². The minimum atomic E-state index is 0.189. The molecule has 3 nitrogen and oxygen atoms in total. The van der Waals surface area contributed by atoms with Crippen molar-refractivity contribution in [1.82, 2.24) is 4.90 Å². The number of hydrogen-bond donors (Lipinski definition) is 1. The van der Waals surface area contributed by atoms with E-state index in [2.05, 4.69) is 32.6 Å². The number of piperidine rings is 1. The molecule has 0 saturated carbocycles. The predicted molar refractivity (Wildman–Crippen MR) is 68.5 cm³/mol. The molecule has 1 saturated heterocycles. The van der Waals surface area contributed by atoms with Gasteiger partial charge in [-0.05, 0) is 38.6 Å². The Morgan fingerprint density at radius 3 is 2.75 bits per heavy atom. The number of likely N-dealkylation sites (tertiary alicyclic amines) is 1. The van der Waals surface area contributed by atoms with Gasteiger partial charge in [-0.25, -0.2) is 0 Å². The monoisotopic (exact) mass is 228 g/mol. The smallest absolute Gasteiger partial charge is 0.0702 e. The Balaban J connectivity index is 2.42. The lowest BCUT2D eigenvalue weighted by Gasteiger charge is -2.39. The van der Waals surface area contributed by atoms with Gasteiger partial charge in [0.05, 0.1) is 6.10 Å². The van der Waals surface area contributed by atoms with Crippen LogP contribution in [0.4, 0.5) is 0 Å². The first-order chi connectivity index (χ1) is 7.45. The second kappa shape index (κ2) is 5.99. The maximum Gasteiger partial charge on any atom is 0.0702 e. The highest BCUT2D eigenvalue weighted by atomic mass is 16.5. The highest BCUT2D eigenvalue weighted by Crippen LogP contribution is 2.23. The fourth-order valence-electron chi connectivity index (χ4n) is 2.25. The Bertz CT molecular complexity index is 202. The summed E-state index contributed by atoms with van der Waals surface area (Å²) < 4.78 is 5.72. The average Bonchev–Trinajstić information content (AvgIpc) is 2.17. The Labute approximate surface area is 100 Å². The Morgan fingerprint density at radius 1 is 1.50 bits per heavy atom. The van der Waals surface area contributed by atoms with E-state index < -0.39 is 0 Å². The highest BCUT2D eigenvalue weighted by Gasteiger charge is 2.28. The fourth-order valence-corrected chi connectivity index (χ4v) is 2.25. The van der Waals surface area contributed by atoms with Crippen LogP contribution in [0.25, 0.3) is 0 Å². The summed E-state index contributed by atoms with van der Waals surface area (Å²) in [5, 5.41) is 0. The van der Waals surface area contributed by atoms with Crippen molar-refractivity contribution in [2.24, 2.45) is 11.1 Å². The van der Waals surface area contributed by atoms with Gasteiger partial charge in [0.2, 0.25) is 0 Å². The molecule has 0 spiro atoms. The molecular formula is C13H28N2O. The number of ether oxygens (including phenoxy) is 1. The summed E-state index contributed by atoms with van der Waals surface area (Å²) >= 11 is 0. The Kier molecular flexibility index (Phi) is 5.22. The molecule has 1 rings (SSSR count). The van der Waals surface area contributed by atoms with E-state index in [1.807, 2.05) is 0 Å². The molecule has 96 valence electrons. The Hall–Kier alpha value is -0.120. The molecule has 0 bridgehead atoms. The van der Waals surface area contributed by atoms with Crippen molar-refractivity contribution in [1.29, 1.82) is 0 Å². The number of nitrogens with zero attached hydrogens (tertiary/aromatic N) is 1. The first-order valence-electron chi connectivity index (χ1n) is 6.55. The van der Waals surface area contributed by atoms with E-state index in [1.54, 1.807) is 0 Å². The van der Waals surface area contributed by atoms with Crippen LogP contribution >= 0.6 is 0 Å². The van der Waals surface area contributed by atoms with Gasteiger partial charge in [0.15, 0.2) is 0 Å². The zero-order valence-electron chi connectivity index (χ0n) is 11.3. The van der Waals surface area contributed by atoms with E-state index in [1.165, 1.54) is 19.4 Å². The summed E-state index contributed by atoms with van der Waals surface area (Å²) in [5.74, 6) is 0. The maximum atomic E-state index is 6.02. The van der Waals surface area contributed by atoms with E-state index in [4.69, 9.17) is 10.5 Å². The largest absolute Gasteiger partial charge is 0.377 e. The van der Waals surface area contributed by atoms with Gasteiger partial charge in [-0.1, -0.05) is 13.8 Å². The van der Waals surface area contributed by atoms with E-state index in [-0.39, 0.29) is 11.5 Å². The predicted octanol–water partition coefficient (Wildman–Crippen LogP) is 1.86. The van der Waals surface area contributed by atoms with E-state index in [0.717, 1.165) is 19.7 Å². The van der Waals surface area contributed by atoms with E-state index in [0.29, 0.717) is 6.10 Å². The molecule has 0 aliphatic carbocycles. The second-order valence-corrected chi connectivity index (χ2v) is 5.73. The lowest BCUT2D eigenvalue weighted by atomic mass is 9.85. The molecule has 2 atom stereocenters. The molecule has 2 N–H and O–H groups in total. The number of hydrogen-bond acceptors (Lipinski definition) is 3. The molecule has 16 heavy (non-hydrogen) atoms. The van der Waals surface area contributed by atoms with Crippen molar-refractivity contribution in [3.8, 4) is 0 Å². The van der Waals surface area contributed by atoms with Crippen molar-refractivity contribution in [2.45, 2.75) is 52.7 Å². The Morgan fingerprint density at radius 2 is 2.19 bits per heavy atom. The molecular weight excluding hydrogens is 200 g/mol.